The number of anilines is 1. The number of fused-ring (bicyclic) bond motifs is 1. The van der Waals surface area contributed by atoms with Crippen LogP contribution in [0, 0.1) is 5.92 Å². The minimum Gasteiger partial charge on any atom is -0.339 e. The van der Waals surface area contributed by atoms with Crippen molar-refractivity contribution in [1.29, 1.82) is 0 Å². The molecule has 0 spiro atoms. The number of hydrogen-bond donors (Lipinski definition) is 0. The van der Waals surface area contributed by atoms with E-state index in [-0.39, 0.29) is 11.9 Å². The third kappa shape index (κ3) is 4.17. The molecule has 1 fully saturated rings. The molecule has 1 amide bonds. The molecule has 0 bridgehead atoms. The summed E-state index contributed by atoms with van der Waals surface area (Å²) in [7, 11) is -3.31. The molecule has 2 aromatic rings. The van der Waals surface area contributed by atoms with E-state index in [0.29, 0.717) is 23.6 Å². The van der Waals surface area contributed by atoms with Crippen LogP contribution in [-0.2, 0) is 22.9 Å². The Balaban J connectivity index is 1.42. The standard InChI is InChI=1S/C23H28N2O3S/c1-17-14-21-16-20(8-9-22(21)25(17)29(2,27)28)23(26)24-12-10-19(11-13-24)15-18-6-4-3-5-7-18/h3-9,16-17,19H,10-15H2,1-2H3/t17-/m0/s1. The lowest BCUT2D eigenvalue weighted by atomic mass is 9.90. The monoisotopic (exact) mass is 412 g/mol. The third-order valence-electron chi connectivity index (χ3n) is 6.11. The van der Waals surface area contributed by atoms with E-state index in [4.69, 9.17) is 0 Å². The van der Waals surface area contributed by atoms with Gasteiger partial charge in [-0.2, -0.15) is 0 Å². The van der Waals surface area contributed by atoms with E-state index in [9.17, 15) is 13.2 Å². The quantitative estimate of drug-likeness (QED) is 0.772. The first-order valence-corrected chi connectivity index (χ1v) is 12.1. The van der Waals surface area contributed by atoms with Crippen LogP contribution in [0.1, 0.15) is 41.3 Å². The minimum absolute atomic E-state index is 0.0522. The second-order valence-electron chi connectivity index (χ2n) is 8.38. The number of nitrogens with zero attached hydrogens (tertiary/aromatic N) is 2. The van der Waals surface area contributed by atoms with Crippen molar-refractivity contribution in [2.75, 3.05) is 23.7 Å². The molecule has 154 valence electrons. The molecule has 1 saturated heterocycles. The maximum Gasteiger partial charge on any atom is 0.253 e. The fraction of sp³-hybridized carbons (Fsp3) is 0.435. The molecule has 2 aromatic carbocycles. The molecule has 4 rings (SSSR count). The van der Waals surface area contributed by atoms with Crippen molar-refractivity contribution >= 4 is 21.6 Å². The highest BCUT2D eigenvalue weighted by Gasteiger charge is 2.33. The van der Waals surface area contributed by atoms with E-state index in [2.05, 4.69) is 24.3 Å². The van der Waals surface area contributed by atoms with Gasteiger partial charge in [0, 0.05) is 24.7 Å². The van der Waals surface area contributed by atoms with E-state index in [1.54, 1.807) is 12.1 Å². The van der Waals surface area contributed by atoms with Gasteiger partial charge in [-0.05, 0) is 67.9 Å². The Morgan fingerprint density at radius 3 is 2.41 bits per heavy atom. The van der Waals surface area contributed by atoms with Gasteiger partial charge >= 0.3 is 0 Å². The number of benzene rings is 2. The Bertz CT molecular complexity index is 996. The normalized spacial score (nSPS) is 20.0. The zero-order chi connectivity index (χ0) is 20.6. The van der Waals surface area contributed by atoms with Gasteiger partial charge in [0.05, 0.1) is 11.9 Å². The van der Waals surface area contributed by atoms with Crippen LogP contribution in [0.15, 0.2) is 48.5 Å². The van der Waals surface area contributed by atoms with E-state index >= 15 is 0 Å². The predicted octanol–water partition coefficient (Wildman–Crippen LogP) is 3.49. The lowest BCUT2D eigenvalue weighted by Gasteiger charge is -2.32. The van der Waals surface area contributed by atoms with Crippen molar-refractivity contribution in [3.05, 3.63) is 65.2 Å². The first-order chi connectivity index (χ1) is 13.8. The molecule has 29 heavy (non-hydrogen) atoms. The summed E-state index contributed by atoms with van der Waals surface area (Å²) in [6, 6.07) is 15.9. The van der Waals surface area contributed by atoms with Crippen molar-refractivity contribution in [2.24, 2.45) is 5.92 Å². The topological polar surface area (TPSA) is 57.7 Å². The summed E-state index contributed by atoms with van der Waals surface area (Å²) in [6.45, 7) is 3.46. The number of hydrogen-bond acceptors (Lipinski definition) is 3. The molecule has 2 heterocycles. The number of rotatable bonds is 4. The molecule has 0 unspecified atom stereocenters. The number of amides is 1. The van der Waals surface area contributed by atoms with Crippen LogP contribution in [0.5, 0.6) is 0 Å². The number of piperidine rings is 1. The fourth-order valence-electron chi connectivity index (χ4n) is 4.71. The van der Waals surface area contributed by atoms with Crippen LogP contribution in [0.3, 0.4) is 0 Å². The second-order valence-corrected chi connectivity index (χ2v) is 10.2. The van der Waals surface area contributed by atoms with Gasteiger partial charge in [0.1, 0.15) is 0 Å². The van der Waals surface area contributed by atoms with Gasteiger partial charge in [-0.3, -0.25) is 9.10 Å². The zero-order valence-corrected chi connectivity index (χ0v) is 17.9. The second kappa shape index (κ2) is 7.82. The van der Waals surface area contributed by atoms with E-state index in [1.165, 1.54) is 16.1 Å². The lowest BCUT2D eigenvalue weighted by molar-refractivity contribution is 0.0690. The Morgan fingerprint density at radius 2 is 1.76 bits per heavy atom. The van der Waals surface area contributed by atoms with Crippen molar-refractivity contribution in [3.63, 3.8) is 0 Å². The first-order valence-electron chi connectivity index (χ1n) is 10.3. The molecule has 1 atom stereocenters. The molecular formula is C23H28N2O3S. The Hall–Kier alpha value is -2.34. The van der Waals surface area contributed by atoms with Crippen molar-refractivity contribution < 1.29 is 13.2 Å². The molecule has 0 N–H and O–H groups in total. The number of sulfonamides is 1. The summed E-state index contributed by atoms with van der Waals surface area (Å²) >= 11 is 0. The van der Waals surface area contributed by atoms with Crippen LogP contribution in [-0.4, -0.2) is 44.6 Å². The molecule has 0 saturated carbocycles. The maximum absolute atomic E-state index is 13.0. The lowest BCUT2D eigenvalue weighted by Crippen LogP contribution is -2.39. The molecule has 0 radical (unpaired) electrons. The number of carbonyl (C=O) groups is 1. The SMILES string of the molecule is C[C@H]1Cc2cc(C(=O)N3CCC(Cc4ccccc4)CC3)ccc2N1S(C)(=O)=O. The fourth-order valence-corrected chi connectivity index (χ4v) is 5.98. The van der Waals surface area contributed by atoms with Gasteiger partial charge in [-0.15, -0.1) is 0 Å². The van der Waals surface area contributed by atoms with E-state index in [1.807, 2.05) is 24.0 Å². The van der Waals surface area contributed by atoms with E-state index in [0.717, 1.165) is 37.9 Å². The molecule has 2 aliphatic heterocycles. The minimum atomic E-state index is -3.31. The number of carbonyl (C=O) groups excluding carboxylic acids is 1. The summed E-state index contributed by atoms with van der Waals surface area (Å²) in [5.74, 6) is 0.669. The molecule has 2 aliphatic rings. The van der Waals surface area contributed by atoms with Gasteiger partial charge < -0.3 is 4.90 Å². The number of likely N-dealkylation sites (tertiary alicyclic amines) is 1. The van der Waals surface area contributed by atoms with Crippen molar-refractivity contribution in [1.82, 2.24) is 4.90 Å². The predicted molar refractivity (Wildman–Crippen MR) is 116 cm³/mol. The van der Waals surface area contributed by atoms with Crippen LogP contribution in [0.25, 0.3) is 0 Å². The van der Waals surface area contributed by atoms with Crippen LogP contribution in [0.2, 0.25) is 0 Å². The molecule has 0 aliphatic carbocycles. The Labute approximate surface area is 173 Å². The van der Waals surface area contributed by atoms with Crippen LogP contribution < -0.4 is 4.31 Å². The average Bonchev–Trinajstić information content (AvgIpc) is 3.04. The molecule has 5 nitrogen and oxygen atoms in total. The van der Waals surface area contributed by atoms with Crippen LogP contribution >= 0.6 is 0 Å². The summed E-state index contributed by atoms with van der Waals surface area (Å²) in [5.41, 5.74) is 3.67. The Kier molecular flexibility index (Phi) is 5.38. The summed E-state index contributed by atoms with van der Waals surface area (Å²) in [6.07, 6.45) is 4.98. The highest BCUT2D eigenvalue weighted by molar-refractivity contribution is 7.92. The Morgan fingerprint density at radius 1 is 1.07 bits per heavy atom. The maximum atomic E-state index is 13.0. The first kappa shape index (κ1) is 20.0. The average molecular weight is 413 g/mol. The van der Waals surface area contributed by atoms with Crippen LogP contribution in [0.4, 0.5) is 5.69 Å². The summed E-state index contributed by atoms with van der Waals surface area (Å²) < 4.78 is 25.6. The van der Waals surface area contributed by atoms with E-state index < -0.39 is 10.0 Å². The van der Waals surface area contributed by atoms with Gasteiger partial charge in [-0.25, -0.2) is 8.42 Å². The van der Waals surface area contributed by atoms with Crippen molar-refractivity contribution in [2.45, 2.75) is 38.6 Å². The highest BCUT2D eigenvalue weighted by Crippen LogP contribution is 2.35. The van der Waals surface area contributed by atoms with Gasteiger partial charge in [0.2, 0.25) is 10.0 Å². The van der Waals surface area contributed by atoms with Gasteiger partial charge in [0.15, 0.2) is 0 Å². The van der Waals surface area contributed by atoms with Gasteiger partial charge in [-0.1, -0.05) is 30.3 Å². The summed E-state index contributed by atoms with van der Waals surface area (Å²) in [5, 5.41) is 0. The van der Waals surface area contributed by atoms with Crippen molar-refractivity contribution in [3.8, 4) is 0 Å². The molecular weight excluding hydrogens is 384 g/mol. The third-order valence-corrected chi connectivity index (χ3v) is 7.38. The highest BCUT2D eigenvalue weighted by atomic mass is 32.2. The largest absolute Gasteiger partial charge is 0.339 e. The zero-order valence-electron chi connectivity index (χ0n) is 17.0. The summed E-state index contributed by atoms with van der Waals surface area (Å²) in [4.78, 5) is 15.0. The smallest absolute Gasteiger partial charge is 0.253 e. The van der Waals surface area contributed by atoms with Gasteiger partial charge in [0.25, 0.3) is 5.91 Å². The molecule has 0 aromatic heterocycles. The molecule has 6 heteroatoms.